The molecule has 106 valence electrons. The van der Waals surface area contributed by atoms with Crippen molar-refractivity contribution in [3.63, 3.8) is 0 Å². The molecule has 0 aliphatic heterocycles. The Hall–Kier alpha value is -1.32. The number of benzene rings is 1. The van der Waals surface area contributed by atoms with Crippen molar-refractivity contribution >= 4 is 27.5 Å². The third-order valence-corrected chi connectivity index (χ3v) is 4.43. The number of nitro groups is 1. The second-order valence-electron chi connectivity index (χ2n) is 3.65. The predicted molar refractivity (Wildman–Crippen MR) is 72.9 cm³/mol. The fourth-order valence-electron chi connectivity index (χ4n) is 1.32. The SMILES string of the molecule is CSCCCNS(=O)(=O)c1ccc(O)c([N+](=O)[O-])c1. The first-order chi connectivity index (χ1) is 8.88. The minimum absolute atomic E-state index is 0.235. The van der Waals surface area contributed by atoms with Crippen molar-refractivity contribution in [3.05, 3.63) is 28.3 Å². The Labute approximate surface area is 115 Å². The van der Waals surface area contributed by atoms with Crippen LogP contribution in [0.15, 0.2) is 23.1 Å². The molecule has 0 atom stereocenters. The summed E-state index contributed by atoms with van der Waals surface area (Å²) in [6.45, 7) is 0.262. The minimum Gasteiger partial charge on any atom is -0.502 e. The van der Waals surface area contributed by atoms with Gasteiger partial charge in [-0.2, -0.15) is 11.8 Å². The number of nitrogens with one attached hydrogen (secondary N) is 1. The van der Waals surface area contributed by atoms with Crippen molar-refractivity contribution in [1.29, 1.82) is 0 Å². The summed E-state index contributed by atoms with van der Waals surface area (Å²) in [5.41, 5.74) is -0.632. The monoisotopic (exact) mass is 306 g/mol. The van der Waals surface area contributed by atoms with Crippen molar-refractivity contribution in [2.24, 2.45) is 0 Å². The summed E-state index contributed by atoms with van der Waals surface area (Å²) in [6, 6.07) is 2.96. The second kappa shape index (κ2) is 6.73. The summed E-state index contributed by atoms with van der Waals surface area (Å²) in [7, 11) is -3.79. The smallest absolute Gasteiger partial charge is 0.312 e. The highest BCUT2D eigenvalue weighted by molar-refractivity contribution is 7.98. The molecule has 0 bridgehead atoms. The van der Waals surface area contributed by atoms with E-state index in [9.17, 15) is 23.6 Å². The Morgan fingerprint density at radius 1 is 1.47 bits per heavy atom. The van der Waals surface area contributed by atoms with E-state index in [-0.39, 0.29) is 11.4 Å². The molecule has 0 amide bonds. The molecule has 0 fully saturated rings. The first-order valence-corrected chi connectivity index (χ1v) is 8.22. The summed E-state index contributed by atoms with van der Waals surface area (Å²) < 4.78 is 26.1. The lowest BCUT2D eigenvalue weighted by Crippen LogP contribution is -2.25. The van der Waals surface area contributed by atoms with Crippen molar-refractivity contribution in [2.75, 3.05) is 18.6 Å². The van der Waals surface area contributed by atoms with Gasteiger partial charge in [-0.05, 0) is 30.6 Å². The van der Waals surface area contributed by atoms with Gasteiger partial charge in [0.05, 0.1) is 9.82 Å². The fourth-order valence-corrected chi connectivity index (χ4v) is 2.85. The fraction of sp³-hybridized carbons (Fsp3) is 0.400. The summed E-state index contributed by atoms with van der Waals surface area (Å²) in [5, 5.41) is 19.9. The summed E-state index contributed by atoms with van der Waals surface area (Å²) in [6.07, 6.45) is 2.58. The molecule has 1 aromatic carbocycles. The van der Waals surface area contributed by atoms with E-state index in [1.165, 1.54) is 0 Å². The Balaban J connectivity index is 2.89. The molecule has 0 aliphatic rings. The van der Waals surface area contributed by atoms with E-state index in [1.54, 1.807) is 11.8 Å². The van der Waals surface area contributed by atoms with Gasteiger partial charge in [-0.25, -0.2) is 13.1 Å². The van der Waals surface area contributed by atoms with Crippen LogP contribution in [0.2, 0.25) is 0 Å². The molecule has 0 aromatic heterocycles. The number of sulfonamides is 1. The standard InChI is InChI=1S/C10H14N2O5S2/c1-18-6-2-5-11-19(16,17)8-3-4-10(13)9(7-8)12(14)15/h3-4,7,11,13H,2,5-6H2,1H3. The number of thioether (sulfide) groups is 1. The molecule has 0 aliphatic carbocycles. The van der Waals surface area contributed by atoms with Gasteiger partial charge in [-0.15, -0.1) is 0 Å². The van der Waals surface area contributed by atoms with Gasteiger partial charge in [-0.3, -0.25) is 10.1 Å². The lowest BCUT2D eigenvalue weighted by atomic mass is 10.3. The van der Waals surface area contributed by atoms with Crippen LogP contribution in [0, 0.1) is 10.1 Å². The molecule has 1 aromatic rings. The van der Waals surface area contributed by atoms with E-state index in [0.29, 0.717) is 6.42 Å². The van der Waals surface area contributed by atoms with Gasteiger partial charge < -0.3 is 5.11 Å². The first kappa shape index (κ1) is 15.7. The number of phenols is 1. The Morgan fingerprint density at radius 3 is 2.74 bits per heavy atom. The molecule has 9 heteroatoms. The minimum atomic E-state index is -3.79. The molecule has 0 saturated carbocycles. The maximum atomic E-state index is 11.9. The van der Waals surface area contributed by atoms with E-state index in [4.69, 9.17) is 0 Å². The van der Waals surface area contributed by atoms with Crippen LogP contribution in [-0.4, -0.2) is 37.0 Å². The highest BCUT2D eigenvalue weighted by Crippen LogP contribution is 2.28. The quantitative estimate of drug-likeness (QED) is 0.447. The number of aromatic hydroxyl groups is 1. The maximum Gasteiger partial charge on any atom is 0.312 e. The van der Waals surface area contributed by atoms with E-state index in [0.717, 1.165) is 24.0 Å². The van der Waals surface area contributed by atoms with Gasteiger partial charge in [0.15, 0.2) is 5.75 Å². The molecule has 0 spiro atoms. The largest absolute Gasteiger partial charge is 0.502 e. The van der Waals surface area contributed by atoms with Crippen LogP contribution >= 0.6 is 11.8 Å². The molecule has 19 heavy (non-hydrogen) atoms. The average molecular weight is 306 g/mol. The van der Waals surface area contributed by atoms with Crippen LogP contribution in [0.5, 0.6) is 5.75 Å². The van der Waals surface area contributed by atoms with Gasteiger partial charge in [-0.1, -0.05) is 0 Å². The van der Waals surface area contributed by atoms with Crippen LogP contribution in [0.25, 0.3) is 0 Å². The third kappa shape index (κ3) is 4.37. The van der Waals surface area contributed by atoms with Gasteiger partial charge in [0.1, 0.15) is 0 Å². The lowest BCUT2D eigenvalue weighted by molar-refractivity contribution is -0.386. The van der Waals surface area contributed by atoms with Crippen LogP contribution in [0.1, 0.15) is 6.42 Å². The topological polar surface area (TPSA) is 110 Å². The number of hydrogen-bond acceptors (Lipinski definition) is 6. The van der Waals surface area contributed by atoms with Crippen LogP contribution in [0.3, 0.4) is 0 Å². The van der Waals surface area contributed by atoms with Crippen molar-refractivity contribution in [1.82, 2.24) is 4.72 Å². The van der Waals surface area contributed by atoms with Gasteiger partial charge in [0, 0.05) is 12.6 Å². The zero-order valence-corrected chi connectivity index (χ0v) is 11.8. The molecule has 1 rings (SSSR count). The lowest BCUT2D eigenvalue weighted by Gasteiger charge is -2.06. The maximum absolute atomic E-state index is 11.9. The molecule has 0 saturated heterocycles. The second-order valence-corrected chi connectivity index (χ2v) is 6.40. The molecule has 0 heterocycles. The van der Waals surface area contributed by atoms with Crippen LogP contribution in [-0.2, 0) is 10.0 Å². The molecule has 0 radical (unpaired) electrons. The zero-order chi connectivity index (χ0) is 14.5. The third-order valence-electron chi connectivity index (χ3n) is 2.27. The molecular weight excluding hydrogens is 292 g/mol. The number of hydrogen-bond donors (Lipinski definition) is 2. The van der Waals surface area contributed by atoms with E-state index in [1.807, 2.05) is 6.26 Å². The van der Waals surface area contributed by atoms with Gasteiger partial charge in [0.2, 0.25) is 10.0 Å². The highest BCUT2D eigenvalue weighted by atomic mass is 32.2. The van der Waals surface area contributed by atoms with Gasteiger partial charge in [0.25, 0.3) is 0 Å². The van der Waals surface area contributed by atoms with Crippen LogP contribution < -0.4 is 4.72 Å². The molecule has 2 N–H and O–H groups in total. The molecule has 0 unspecified atom stereocenters. The summed E-state index contributed by atoms with van der Waals surface area (Å²) in [4.78, 5) is 9.56. The average Bonchev–Trinajstić information content (AvgIpc) is 2.34. The Bertz CT molecular complexity index is 559. The Kier molecular flexibility index (Phi) is 5.58. The molecular formula is C10H14N2O5S2. The van der Waals surface area contributed by atoms with Gasteiger partial charge >= 0.3 is 5.69 Å². The van der Waals surface area contributed by atoms with Crippen molar-refractivity contribution < 1.29 is 18.4 Å². The summed E-state index contributed by atoms with van der Waals surface area (Å²) >= 11 is 1.60. The normalized spacial score (nSPS) is 11.4. The van der Waals surface area contributed by atoms with E-state index in [2.05, 4.69) is 4.72 Å². The number of phenolic OH excluding ortho intramolecular Hbond substituents is 1. The first-order valence-electron chi connectivity index (χ1n) is 5.34. The van der Waals surface area contributed by atoms with Crippen LogP contribution in [0.4, 0.5) is 5.69 Å². The van der Waals surface area contributed by atoms with E-state index < -0.39 is 26.4 Å². The Morgan fingerprint density at radius 2 is 2.16 bits per heavy atom. The molecule has 7 nitrogen and oxygen atoms in total. The van der Waals surface area contributed by atoms with Crippen molar-refractivity contribution in [3.8, 4) is 5.75 Å². The highest BCUT2D eigenvalue weighted by Gasteiger charge is 2.20. The van der Waals surface area contributed by atoms with Crippen molar-refractivity contribution in [2.45, 2.75) is 11.3 Å². The summed E-state index contributed by atoms with van der Waals surface area (Å²) in [5.74, 6) is 0.254. The number of nitro benzene ring substituents is 1. The number of rotatable bonds is 7. The predicted octanol–water partition coefficient (Wildman–Crippen LogP) is 1.33. The van der Waals surface area contributed by atoms with E-state index >= 15 is 0 Å². The number of nitrogens with zero attached hydrogens (tertiary/aromatic N) is 1. The zero-order valence-electron chi connectivity index (χ0n) is 10.2.